The van der Waals surface area contributed by atoms with E-state index in [-0.39, 0.29) is 18.0 Å². The Bertz CT molecular complexity index is 1220. The highest BCUT2D eigenvalue weighted by atomic mass is 32.2. The lowest BCUT2D eigenvalue weighted by molar-refractivity contribution is 0.385. The van der Waals surface area contributed by atoms with E-state index in [9.17, 15) is 18.1 Å². The predicted octanol–water partition coefficient (Wildman–Crippen LogP) is 2.46. The third-order valence-electron chi connectivity index (χ3n) is 5.05. The average molecular weight is 411 g/mol. The molecular formula is C20H18FN5O2S. The van der Waals surface area contributed by atoms with Gasteiger partial charge in [0, 0.05) is 50.2 Å². The Morgan fingerprint density at radius 3 is 2.59 bits per heavy atom. The maximum atomic E-state index is 14.1. The summed E-state index contributed by atoms with van der Waals surface area (Å²) in [6.07, 6.45) is 4.34. The molecule has 29 heavy (non-hydrogen) atoms. The lowest BCUT2D eigenvalue weighted by Gasteiger charge is -2.36. The summed E-state index contributed by atoms with van der Waals surface area (Å²) in [7, 11) is -3.63. The van der Waals surface area contributed by atoms with Crippen LogP contribution in [-0.4, -0.2) is 48.9 Å². The Labute approximate surface area is 168 Å². The molecule has 1 aliphatic rings. The van der Waals surface area contributed by atoms with Crippen LogP contribution < -0.4 is 4.90 Å². The van der Waals surface area contributed by atoms with E-state index in [0.29, 0.717) is 40.8 Å². The number of pyridine rings is 2. The topological polar surface area (TPSA) is 90.2 Å². The maximum Gasteiger partial charge on any atom is 0.244 e. The average Bonchev–Trinajstić information content (AvgIpc) is 2.73. The minimum absolute atomic E-state index is 0.151. The molecular weight excluding hydrogens is 393 g/mol. The van der Waals surface area contributed by atoms with Crippen molar-refractivity contribution in [2.24, 2.45) is 0 Å². The van der Waals surface area contributed by atoms with E-state index < -0.39 is 15.8 Å². The monoisotopic (exact) mass is 411 g/mol. The van der Waals surface area contributed by atoms with Crippen LogP contribution in [0.3, 0.4) is 0 Å². The lowest BCUT2D eigenvalue weighted by atomic mass is 10.0. The highest BCUT2D eigenvalue weighted by Crippen LogP contribution is 2.32. The van der Waals surface area contributed by atoms with E-state index >= 15 is 0 Å². The first-order valence-corrected chi connectivity index (χ1v) is 10.5. The van der Waals surface area contributed by atoms with Crippen molar-refractivity contribution in [3.05, 3.63) is 59.8 Å². The van der Waals surface area contributed by atoms with Crippen LogP contribution in [0.5, 0.6) is 0 Å². The molecule has 1 saturated heterocycles. The van der Waals surface area contributed by atoms with Crippen molar-refractivity contribution in [1.82, 2.24) is 14.3 Å². The third-order valence-corrected chi connectivity index (χ3v) is 6.93. The smallest absolute Gasteiger partial charge is 0.244 e. The zero-order chi connectivity index (χ0) is 20.6. The molecule has 9 heteroatoms. The quantitative estimate of drug-likeness (QED) is 0.658. The molecule has 1 fully saturated rings. The Balaban J connectivity index is 1.67. The van der Waals surface area contributed by atoms with Crippen molar-refractivity contribution in [3.63, 3.8) is 0 Å². The number of fused-ring (bicyclic) bond motifs is 1. The van der Waals surface area contributed by atoms with E-state index in [1.807, 2.05) is 4.90 Å². The molecule has 0 unspecified atom stereocenters. The van der Waals surface area contributed by atoms with Gasteiger partial charge in [0.2, 0.25) is 10.0 Å². The number of hydrogen-bond donors (Lipinski definition) is 0. The number of nitriles is 1. The minimum Gasteiger partial charge on any atom is -0.367 e. The number of rotatable bonds is 3. The molecule has 0 aliphatic carbocycles. The maximum absolute atomic E-state index is 14.1. The largest absolute Gasteiger partial charge is 0.367 e. The van der Waals surface area contributed by atoms with Gasteiger partial charge in [-0.2, -0.15) is 9.57 Å². The molecule has 0 bridgehead atoms. The van der Waals surface area contributed by atoms with Gasteiger partial charge in [-0.3, -0.25) is 9.97 Å². The second kappa shape index (κ2) is 7.39. The van der Waals surface area contributed by atoms with Gasteiger partial charge in [0.15, 0.2) is 0 Å². The second-order valence-corrected chi connectivity index (χ2v) is 8.77. The summed E-state index contributed by atoms with van der Waals surface area (Å²) < 4.78 is 41.1. The zero-order valence-corrected chi connectivity index (χ0v) is 16.5. The van der Waals surface area contributed by atoms with Gasteiger partial charge in [-0.15, -0.1) is 0 Å². The number of piperazine rings is 1. The summed E-state index contributed by atoms with van der Waals surface area (Å²) in [5, 5.41) is 10.1. The lowest BCUT2D eigenvalue weighted by Crippen LogP contribution is -2.49. The van der Waals surface area contributed by atoms with Crippen molar-refractivity contribution in [2.45, 2.75) is 11.8 Å². The van der Waals surface area contributed by atoms with Gasteiger partial charge in [-0.05, 0) is 36.8 Å². The first kappa shape index (κ1) is 19.2. The van der Waals surface area contributed by atoms with Gasteiger partial charge in [0.05, 0.1) is 16.8 Å². The van der Waals surface area contributed by atoms with Gasteiger partial charge >= 0.3 is 0 Å². The SMILES string of the molecule is Cc1cc(F)cc2c(N3CCN(S(=O)(=O)c4cccnc4)CC3)c(C#N)cnc12. The Kier molecular flexibility index (Phi) is 4.90. The van der Waals surface area contributed by atoms with Crippen molar-refractivity contribution in [2.75, 3.05) is 31.1 Å². The molecule has 0 spiro atoms. The van der Waals surface area contributed by atoms with Crippen LogP contribution in [0, 0.1) is 24.1 Å². The molecule has 0 radical (unpaired) electrons. The van der Waals surface area contributed by atoms with E-state index in [1.165, 1.54) is 41.1 Å². The minimum atomic E-state index is -3.63. The van der Waals surface area contributed by atoms with Crippen LogP contribution >= 0.6 is 0 Å². The van der Waals surface area contributed by atoms with Crippen LogP contribution in [0.15, 0.2) is 47.8 Å². The van der Waals surface area contributed by atoms with Gasteiger partial charge in [-0.25, -0.2) is 12.8 Å². The molecule has 4 rings (SSSR count). The van der Waals surface area contributed by atoms with Crippen LogP contribution in [0.25, 0.3) is 10.9 Å². The molecule has 0 saturated carbocycles. The van der Waals surface area contributed by atoms with Gasteiger partial charge in [0.1, 0.15) is 16.8 Å². The molecule has 3 aromatic rings. The second-order valence-electron chi connectivity index (χ2n) is 6.83. The van der Waals surface area contributed by atoms with Crippen molar-refractivity contribution >= 4 is 26.6 Å². The van der Waals surface area contributed by atoms with E-state index in [0.717, 1.165) is 0 Å². The molecule has 2 aromatic heterocycles. The third kappa shape index (κ3) is 3.41. The molecule has 0 amide bonds. The summed E-state index contributed by atoms with van der Waals surface area (Å²) in [6, 6.07) is 8.01. The molecule has 0 N–H and O–H groups in total. The molecule has 1 aliphatic heterocycles. The highest BCUT2D eigenvalue weighted by Gasteiger charge is 2.30. The van der Waals surface area contributed by atoms with Crippen LogP contribution in [0.4, 0.5) is 10.1 Å². The highest BCUT2D eigenvalue weighted by molar-refractivity contribution is 7.89. The van der Waals surface area contributed by atoms with E-state index in [4.69, 9.17) is 0 Å². The van der Waals surface area contributed by atoms with Crippen LogP contribution in [0.2, 0.25) is 0 Å². The van der Waals surface area contributed by atoms with E-state index in [1.54, 1.807) is 13.0 Å². The van der Waals surface area contributed by atoms with Crippen molar-refractivity contribution in [3.8, 4) is 6.07 Å². The Hall–Kier alpha value is -3.09. The number of anilines is 1. The first-order valence-electron chi connectivity index (χ1n) is 9.06. The summed E-state index contributed by atoms with van der Waals surface area (Å²) in [5.41, 5.74) is 2.25. The van der Waals surface area contributed by atoms with Gasteiger partial charge in [-0.1, -0.05) is 0 Å². The molecule has 7 nitrogen and oxygen atoms in total. The van der Waals surface area contributed by atoms with Crippen molar-refractivity contribution < 1.29 is 12.8 Å². The summed E-state index contributed by atoms with van der Waals surface area (Å²) in [5.74, 6) is -0.397. The fourth-order valence-corrected chi connectivity index (χ4v) is 5.03. The summed E-state index contributed by atoms with van der Waals surface area (Å²) >= 11 is 0. The molecule has 148 valence electrons. The molecule has 1 aromatic carbocycles. The number of sulfonamides is 1. The van der Waals surface area contributed by atoms with Crippen LogP contribution in [0.1, 0.15) is 11.1 Å². The summed E-state index contributed by atoms with van der Waals surface area (Å²) in [4.78, 5) is 10.3. The van der Waals surface area contributed by atoms with E-state index in [2.05, 4.69) is 16.0 Å². The zero-order valence-electron chi connectivity index (χ0n) is 15.7. The number of aromatic nitrogens is 2. The number of nitrogens with zero attached hydrogens (tertiary/aromatic N) is 5. The number of aryl methyl sites for hydroxylation is 1. The fraction of sp³-hybridized carbons (Fsp3) is 0.250. The van der Waals surface area contributed by atoms with Crippen LogP contribution in [-0.2, 0) is 10.0 Å². The fourth-order valence-electron chi connectivity index (χ4n) is 3.65. The number of halogens is 1. The number of hydrogen-bond acceptors (Lipinski definition) is 6. The predicted molar refractivity (Wildman–Crippen MR) is 106 cm³/mol. The van der Waals surface area contributed by atoms with Gasteiger partial charge < -0.3 is 4.90 Å². The first-order chi connectivity index (χ1) is 13.9. The van der Waals surface area contributed by atoms with Gasteiger partial charge in [0.25, 0.3) is 0 Å². The molecule has 3 heterocycles. The summed E-state index contributed by atoms with van der Waals surface area (Å²) in [6.45, 7) is 3.03. The normalized spacial score (nSPS) is 15.4. The molecule has 0 atom stereocenters. The number of benzene rings is 1. The van der Waals surface area contributed by atoms with Crippen molar-refractivity contribution in [1.29, 1.82) is 5.26 Å². The Morgan fingerprint density at radius 2 is 1.93 bits per heavy atom. The standard InChI is InChI=1S/C20H18FN5O2S/c1-14-9-16(21)10-18-19(14)24-12-15(11-22)20(18)25-5-7-26(8-6-25)29(27,28)17-3-2-4-23-13-17/h2-4,9-10,12-13H,5-8H2,1H3. The Morgan fingerprint density at radius 1 is 1.17 bits per heavy atom.